The fourth-order valence-corrected chi connectivity index (χ4v) is 4.22. The predicted molar refractivity (Wildman–Crippen MR) is 77.8 cm³/mol. The summed E-state index contributed by atoms with van der Waals surface area (Å²) in [6.07, 6.45) is 0. The molecule has 0 radical (unpaired) electrons. The van der Waals surface area contributed by atoms with E-state index in [9.17, 15) is 0 Å². The summed E-state index contributed by atoms with van der Waals surface area (Å²) in [5.41, 5.74) is 2.37. The number of hydrogen-bond donors (Lipinski definition) is 0. The molecule has 0 aliphatic rings. The summed E-state index contributed by atoms with van der Waals surface area (Å²) < 4.78 is 2.59. The van der Waals surface area contributed by atoms with Crippen LogP contribution in [0.1, 0.15) is 6.92 Å². The van der Waals surface area contributed by atoms with Gasteiger partial charge in [-0.05, 0) is 0 Å². The van der Waals surface area contributed by atoms with Gasteiger partial charge in [0.1, 0.15) is 0 Å². The maximum absolute atomic E-state index is 4.77. The summed E-state index contributed by atoms with van der Waals surface area (Å²) >= 11 is 0.322. The Morgan fingerprint density at radius 3 is 2.44 bits per heavy atom. The van der Waals surface area contributed by atoms with Crippen molar-refractivity contribution in [1.29, 1.82) is 0 Å². The van der Waals surface area contributed by atoms with Crippen LogP contribution in [0.5, 0.6) is 0 Å². The van der Waals surface area contributed by atoms with Crippen LogP contribution < -0.4 is 4.90 Å². The van der Waals surface area contributed by atoms with Gasteiger partial charge in [0.15, 0.2) is 0 Å². The number of aromatic nitrogens is 1. The molecule has 3 heteroatoms. The fraction of sp³-hybridized carbons (Fsp3) is 0.133. The minimum absolute atomic E-state index is 0.322. The predicted octanol–water partition coefficient (Wildman–Crippen LogP) is 3.45. The van der Waals surface area contributed by atoms with E-state index >= 15 is 0 Å². The van der Waals surface area contributed by atoms with Crippen LogP contribution in [0.15, 0.2) is 54.6 Å². The molecule has 2 nitrogen and oxygen atoms in total. The zero-order valence-corrected chi connectivity index (χ0v) is 11.9. The van der Waals surface area contributed by atoms with Crippen LogP contribution in [0.3, 0.4) is 0 Å². The van der Waals surface area contributed by atoms with Crippen molar-refractivity contribution >= 4 is 34.7 Å². The second-order valence-electron chi connectivity index (χ2n) is 4.04. The van der Waals surface area contributed by atoms with Crippen LogP contribution in [0, 0.1) is 0 Å². The minimum atomic E-state index is 0.322. The van der Waals surface area contributed by atoms with Gasteiger partial charge in [0, 0.05) is 0 Å². The average Bonchev–Trinajstić information content (AvgIpc) is 2.84. The number of rotatable bonds is 3. The van der Waals surface area contributed by atoms with Crippen molar-refractivity contribution in [3.63, 3.8) is 0 Å². The molecule has 18 heavy (non-hydrogen) atoms. The van der Waals surface area contributed by atoms with E-state index < -0.39 is 0 Å². The van der Waals surface area contributed by atoms with E-state index in [1.807, 2.05) is 6.07 Å². The van der Waals surface area contributed by atoms with Crippen LogP contribution in [0.25, 0.3) is 9.78 Å². The van der Waals surface area contributed by atoms with E-state index in [4.69, 9.17) is 4.98 Å². The van der Waals surface area contributed by atoms with Crippen LogP contribution in [-0.4, -0.2) is 26.0 Å². The molecule has 0 saturated heterocycles. The Morgan fingerprint density at radius 1 is 1.00 bits per heavy atom. The quantitative estimate of drug-likeness (QED) is 0.689. The summed E-state index contributed by atoms with van der Waals surface area (Å²) in [6.45, 7) is 3.13. The van der Waals surface area contributed by atoms with Gasteiger partial charge < -0.3 is 0 Å². The Morgan fingerprint density at radius 2 is 1.72 bits per heavy atom. The zero-order valence-electron chi connectivity index (χ0n) is 10.2. The molecule has 0 fully saturated rings. The van der Waals surface area contributed by atoms with Gasteiger partial charge in [-0.15, -0.1) is 0 Å². The van der Waals surface area contributed by atoms with Crippen LogP contribution in [0.4, 0.5) is 10.4 Å². The molecule has 1 aromatic heterocycles. The monoisotopic (exact) mass is 302 g/mol. The molecule has 0 amide bonds. The Kier molecular flexibility index (Phi) is 3.18. The summed E-state index contributed by atoms with van der Waals surface area (Å²) in [6, 6.07) is 18.9. The van der Waals surface area contributed by atoms with Gasteiger partial charge in [-0.2, -0.15) is 0 Å². The molecule has 1 heterocycles. The molecule has 0 atom stereocenters. The van der Waals surface area contributed by atoms with Gasteiger partial charge in [-0.1, -0.05) is 0 Å². The van der Waals surface area contributed by atoms with E-state index in [0.29, 0.717) is 14.5 Å². The van der Waals surface area contributed by atoms with E-state index in [2.05, 4.69) is 60.4 Å². The Labute approximate surface area is 113 Å². The maximum atomic E-state index is 4.77. The van der Waals surface area contributed by atoms with Gasteiger partial charge in [0.2, 0.25) is 0 Å². The molecule has 0 N–H and O–H groups in total. The Balaban J connectivity index is 2.06. The van der Waals surface area contributed by atoms with Gasteiger partial charge in [-0.25, -0.2) is 0 Å². The van der Waals surface area contributed by atoms with Gasteiger partial charge in [0.05, 0.1) is 0 Å². The SMILES string of the molecule is CCN(c1ccccc1)c1nc2ccccc2[se]1. The molecule has 3 aromatic rings. The first-order chi connectivity index (χ1) is 8.88. The van der Waals surface area contributed by atoms with E-state index in [1.165, 1.54) is 14.6 Å². The van der Waals surface area contributed by atoms with Crippen LogP contribution in [-0.2, 0) is 0 Å². The summed E-state index contributed by atoms with van der Waals surface area (Å²) in [5, 5.41) is 0. The first-order valence-corrected chi connectivity index (χ1v) is 7.78. The third-order valence-corrected chi connectivity index (χ3v) is 5.12. The summed E-state index contributed by atoms with van der Waals surface area (Å²) in [5.74, 6) is 0. The van der Waals surface area contributed by atoms with Gasteiger partial charge in [-0.3, -0.25) is 0 Å². The first-order valence-electron chi connectivity index (χ1n) is 6.06. The molecule has 0 aliphatic carbocycles. The number of benzene rings is 2. The molecule has 2 aromatic carbocycles. The number of nitrogens with zero attached hydrogens (tertiary/aromatic N) is 2. The molecule has 0 unspecified atom stereocenters. The van der Waals surface area contributed by atoms with Crippen molar-refractivity contribution in [3.8, 4) is 0 Å². The van der Waals surface area contributed by atoms with Crippen molar-refractivity contribution in [2.24, 2.45) is 0 Å². The van der Waals surface area contributed by atoms with E-state index in [1.54, 1.807) is 0 Å². The van der Waals surface area contributed by atoms with Crippen LogP contribution >= 0.6 is 0 Å². The standard InChI is InChI=1S/C15H14N2Se/c1-2-17(12-8-4-3-5-9-12)15-16-13-10-6-7-11-14(13)18-15/h3-11H,2H2,1H3. The molecule has 0 bridgehead atoms. The molecule has 0 saturated carbocycles. The number of anilines is 2. The van der Waals surface area contributed by atoms with Crippen LogP contribution in [0.2, 0.25) is 0 Å². The second-order valence-corrected chi connectivity index (χ2v) is 6.16. The van der Waals surface area contributed by atoms with E-state index in [0.717, 1.165) is 12.1 Å². The Hall–Kier alpha value is -1.57. The summed E-state index contributed by atoms with van der Waals surface area (Å²) in [4.78, 5) is 7.08. The molecular weight excluding hydrogens is 287 g/mol. The van der Waals surface area contributed by atoms with Gasteiger partial charge >= 0.3 is 113 Å². The van der Waals surface area contributed by atoms with Crippen molar-refractivity contribution in [2.45, 2.75) is 6.92 Å². The molecule has 90 valence electrons. The topological polar surface area (TPSA) is 16.1 Å². The number of fused-ring (bicyclic) bond motifs is 1. The van der Waals surface area contributed by atoms with Crippen molar-refractivity contribution in [1.82, 2.24) is 4.98 Å². The normalized spacial score (nSPS) is 10.7. The molecular formula is C15H14N2Se. The molecule has 0 aliphatic heterocycles. The Bertz CT molecular complexity index is 613. The average molecular weight is 301 g/mol. The van der Waals surface area contributed by atoms with Crippen molar-refractivity contribution in [3.05, 3.63) is 54.6 Å². The first kappa shape index (κ1) is 11.5. The van der Waals surface area contributed by atoms with Gasteiger partial charge in [0.25, 0.3) is 0 Å². The third kappa shape index (κ3) is 2.07. The molecule has 3 rings (SSSR count). The molecule has 0 spiro atoms. The number of para-hydroxylation sites is 2. The van der Waals surface area contributed by atoms with E-state index in [-0.39, 0.29) is 0 Å². The number of hydrogen-bond acceptors (Lipinski definition) is 2. The second kappa shape index (κ2) is 4.97. The zero-order chi connectivity index (χ0) is 12.4. The third-order valence-electron chi connectivity index (χ3n) is 2.90. The van der Waals surface area contributed by atoms with Crippen molar-refractivity contribution < 1.29 is 0 Å². The summed E-state index contributed by atoms with van der Waals surface area (Å²) in [7, 11) is 0. The van der Waals surface area contributed by atoms with Crippen molar-refractivity contribution in [2.75, 3.05) is 11.4 Å². The fourth-order valence-electron chi connectivity index (χ4n) is 2.01.